The Balaban J connectivity index is 2.40. The van der Waals surface area contributed by atoms with E-state index in [2.05, 4.69) is 25.6 Å². The van der Waals surface area contributed by atoms with Gasteiger partial charge in [0.05, 0.1) is 0 Å². The van der Waals surface area contributed by atoms with Crippen molar-refractivity contribution in [2.45, 2.75) is 11.8 Å². The third-order valence-electron chi connectivity index (χ3n) is 2.40. The van der Waals surface area contributed by atoms with Crippen molar-refractivity contribution in [3.63, 3.8) is 0 Å². The van der Waals surface area contributed by atoms with Gasteiger partial charge in [0.25, 0.3) is 10.0 Å². The van der Waals surface area contributed by atoms with Crippen LogP contribution in [0, 0.1) is 6.92 Å². The molecule has 2 aromatic rings. The molecule has 1 heterocycles. The smallest absolute Gasteiger partial charge is 0.264 e. The molecule has 0 bridgehead atoms. The van der Waals surface area contributed by atoms with Crippen LogP contribution in [0.4, 0.5) is 11.5 Å². The first-order valence-corrected chi connectivity index (χ1v) is 7.66. The minimum Gasteiger partial charge on any atom is -0.399 e. The maximum Gasteiger partial charge on any atom is 0.264 e. The maximum absolute atomic E-state index is 12.2. The zero-order chi connectivity index (χ0) is 14.0. The number of hydrogen-bond acceptors (Lipinski definition) is 4. The van der Waals surface area contributed by atoms with E-state index >= 15 is 0 Å². The second-order valence-corrected chi connectivity index (χ2v) is 6.52. The minimum absolute atomic E-state index is 0.0795. The molecule has 1 aromatic heterocycles. The van der Waals surface area contributed by atoms with Gasteiger partial charge in [-0.05, 0) is 58.7 Å². The van der Waals surface area contributed by atoms with Gasteiger partial charge >= 0.3 is 0 Å². The average Bonchev–Trinajstić information content (AvgIpc) is 2.31. The van der Waals surface area contributed by atoms with Crippen molar-refractivity contribution < 1.29 is 8.42 Å². The van der Waals surface area contributed by atoms with E-state index in [9.17, 15) is 8.42 Å². The Labute approximate surface area is 120 Å². The molecule has 7 heteroatoms. The van der Waals surface area contributed by atoms with Gasteiger partial charge in [-0.15, -0.1) is 0 Å². The highest BCUT2D eigenvalue weighted by Gasteiger charge is 2.18. The lowest BCUT2D eigenvalue weighted by Gasteiger charge is -2.10. The quantitative estimate of drug-likeness (QED) is 0.840. The molecular formula is C12H12BrN3O2S. The molecule has 100 valence electrons. The number of hydrogen-bond donors (Lipinski definition) is 2. The Morgan fingerprint density at radius 3 is 2.68 bits per heavy atom. The number of anilines is 2. The van der Waals surface area contributed by atoms with E-state index in [-0.39, 0.29) is 10.7 Å². The van der Waals surface area contributed by atoms with Crippen LogP contribution in [0.15, 0.2) is 45.9 Å². The molecule has 0 aliphatic rings. The van der Waals surface area contributed by atoms with Crippen molar-refractivity contribution in [1.82, 2.24) is 4.98 Å². The Kier molecular flexibility index (Phi) is 3.77. The molecule has 19 heavy (non-hydrogen) atoms. The molecule has 0 atom stereocenters. The molecule has 0 aliphatic carbocycles. The SMILES string of the molecule is Cc1ccnc(NS(=O)(=O)c2cc(N)ccc2Br)c1. The van der Waals surface area contributed by atoms with Crippen molar-refractivity contribution in [2.75, 3.05) is 10.5 Å². The second-order valence-electron chi connectivity index (χ2n) is 4.01. The van der Waals surface area contributed by atoms with Crippen molar-refractivity contribution in [1.29, 1.82) is 0 Å². The molecule has 0 saturated carbocycles. The molecule has 2 rings (SSSR count). The number of sulfonamides is 1. The summed E-state index contributed by atoms with van der Waals surface area (Å²) in [6, 6.07) is 8.04. The van der Waals surface area contributed by atoms with Crippen LogP contribution in [-0.2, 0) is 10.0 Å². The monoisotopic (exact) mass is 341 g/mol. The van der Waals surface area contributed by atoms with Crippen molar-refractivity contribution in [3.05, 3.63) is 46.6 Å². The van der Waals surface area contributed by atoms with E-state index in [1.54, 1.807) is 30.5 Å². The van der Waals surface area contributed by atoms with Gasteiger partial charge in [-0.2, -0.15) is 0 Å². The van der Waals surface area contributed by atoms with E-state index in [1.807, 2.05) is 6.92 Å². The average molecular weight is 342 g/mol. The van der Waals surface area contributed by atoms with Gasteiger partial charge in [-0.25, -0.2) is 13.4 Å². The minimum atomic E-state index is -3.72. The normalized spacial score (nSPS) is 11.3. The Bertz CT molecular complexity index is 717. The van der Waals surface area contributed by atoms with Gasteiger partial charge in [0.15, 0.2) is 0 Å². The summed E-state index contributed by atoms with van der Waals surface area (Å²) in [7, 11) is -3.72. The zero-order valence-electron chi connectivity index (χ0n) is 10.1. The van der Waals surface area contributed by atoms with Gasteiger partial charge in [-0.1, -0.05) is 0 Å². The Morgan fingerprint density at radius 2 is 2.00 bits per heavy atom. The summed E-state index contributed by atoms with van der Waals surface area (Å²) in [5.74, 6) is 0.273. The predicted octanol–water partition coefficient (Wildman–Crippen LogP) is 2.54. The molecular weight excluding hydrogens is 330 g/mol. The summed E-state index contributed by atoms with van der Waals surface area (Å²) in [4.78, 5) is 4.04. The molecule has 3 N–H and O–H groups in total. The van der Waals surface area contributed by atoms with Crippen LogP contribution in [-0.4, -0.2) is 13.4 Å². The van der Waals surface area contributed by atoms with Crippen LogP contribution in [0.5, 0.6) is 0 Å². The fourth-order valence-electron chi connectivity index (χ4n) is 1.51. The topological polar surface area (TPSA) is 85.1 Å². The fraction of sp³-hybridized carbons (Fsp3) is 0.0833. The van der Waals surface area contributed by atoms with Gasteiger partial charge in [0.2, 0.25) is 0 Å². The van der Waals surface area contributed by atoms with Crippen LogP contribution >= 0.6 is 15.9 Å². The lowest BCUT2D eigenvalue weighted by molar-refractivity contribution is 0.600. The highest BCUT2D eigenvalue weighted by Crippen LogP contribution is 2.25. The number of aromatic nitrogens is 1. The molecule has 0 fully saturated rings. The molecule has 0 amide bonds. The summed E-state index contributed by atoms with van der Waals surface area (Å²) in [5.41, 5.74) is 6.90. The van der Waals surface area contributed by atoms with E-state index in [4.69, 9.17) is 5.73 Å². The lowest BCUT2D eigenvalue weighted by atomic mass is 10.3. The van der Waals surface area contributed by atoms with Crippen molar-refractivity contribution >= 4 is 37.5 Å². The first kappa shape index (κ1) is 13.8. The number of nitrogen functional groups attached to an aromatic ring is 1. The van der Waals surface area contributed by atoms with Crippen LogP contribution in [0.25, 0.3) is 0 Å². The standard InChI is InChI=1S/C12H12BrN3O2S/c1-8-4-5-15-12(6-8)16-19(17,18)11-7-9(14)2-3-10(11)13/h2-7H,14H2,1H3,(H,15,16). The number of halogens is 1. The van der Waals surface area contributed by atoms with Crippen molar-refractivity contribution in [3.8, 4) is 0 Å². The highest BCUT2D eigenvalue weighted by molar-refractivity contribution is 9.10. The van der Waals surface area contributed by atoms with Crippen LogP contribution in [0.1, 0.15) is 5.56 Å². The number of nitrogens with two attached hydrogens (primary N) is 1. The zero-order valence-corrected chi connectivity index (χ0v) is 12.5. The number of nitrogens with zero attached hydrogens (tertiary/aromatic N) is 1. The Morgan fingerprint density at radius 1 is 1.26 bits per heavy atom. The first-order chi connectivity index (χ1) is 8.88. The lowest BCUT2D eigenvalue weighted by Crippen LogP contribution is -2.14. The van der Waals surface area contributed by atoms with E-state index in [0.717, 1.165) is 5.56 Å². The highest BCUT2D eigenvalue weighted by atomic mass is 79.9. The number of benzene rings is 1. The first-order valence-electron chi connectivity index (χ1n) is 5.39. The molecule has 5 nitrogen and oxygen atoms in total. The summed E-state index contributed by atoms with van der Waals surface area (Å²) < 4.78 is 27.4. The maximum atomic E-state index is 12.2. The van der Waals surface area contributed by atoms with E-state index < -0.39 is 10.0 Å². The molecule has 0 aliphatic heterocycles. The van der Waals surface area contributed by atoms with Crippen LogP contribution in [0.3, 0.4) is 0 Å². The van der Waals surface area contributed by atoms with Gasteiger partial charge in [0.1, 0.15) is 10.7 Å². The molecule has 1 aromatic carbocycles. The summed E-state index contributed by atoms with van der Waals surface area (Å²) in [5, 5.41) is 0. The number of nitrogens with one attached hydrogen (secondary N) is 1. The Hall–Kier alpha value is -1.60. The van der Waals surface area contributed by atoms with Gasteiger partial charge < -0.3 is 5.73 Å². The van der Waals surface area contributed by atoms with Crippen molar-refractivity contribution in [2.24, 2.45) is 0 Å². The van der Waals surface area contributed by atoms with E-state index in [1.165, 1.54) is 6.07 Å². The number of aryl methyl sites for hydroxylation is 1. The molecule has 0 radical (unpaired) electrons. The molecule has 0 saturated heterocycles. The van der Waals surface area contributed by atoms with Gasteiger partial charge in [-0.3, -0.25) is 4.72 Å². The largest absolute Gasteiger partial charge is 0.399 e. The number of pyridine rings is 1. The molecule has 0 unspecified atom stereocenters. The second kappa shape index (κ2) is 5.18. The van der Waals surface area contributed by atoms with Crippen LogP contribution < -0.4 is 10.5 Å². The number of rotatable bonds is 3. The summed E-state index contributed by atoms with van der Waals surface area (Å²) >= 11 is 3.20. The fourth-order valence-corrected chi connectivity index (χ4v) is 3.51. The third-order valence-corrected chi connectivity index (χ3v) is 4.75. The predicted molar refractivity (Wildman–Crippen MR) is 78.3 cm³/mol. The third kappa shape index (κ3) is 3.24. The molecule has 0 spiro atoms. The van der Waals surface area contributed by atoms with E-state index in [0.29, 0.717) is 10.2 Å². The van der Waals surface area contributed by atoms with Crippen LogP contribution in [0.2, 0.25) is 0 Å². The summed E-state index contributed by atoms with van der Waals surface area (Å²) in [6.07, 6.45) is 1.54. The van der Waals surface area contributed by atoms with Gasteiger partial charge in [0, 0.05) is 16.4 Å². The summed E-state index contributed by atoms with van der Waals surface area (Å²) in [6.45, 7) is 1.86.